The molecule has 0 radical (unpaired) electrons. The number of fused-ring (bicyclic) bond motifs is 14. The van der Waals surface area contributed by atoms with Crippen LogP contribution >= 0.6 is 0 Å². The Balaban J connectivity index is 1.11. The second-order valence-corrected chi connectivity index (χ2v) is 18.2. The average Bonchev–Trinajstić information content (AvgIpc) is 3.91. The lowest BCUT2D eigenvalue weighted by atomic mass is 9.87. The topological polar surface area (TPSA) is 35.6 Å². The van der Waals surface area contributed by atoms with E-state index in [2.05, 4.69) is 215 Å². The van der Waals surface area contributed by atoms with Crippen LogP contribution in [-0.2, 0) is 0 Å². The van der Waals surface area contributed by atoms with E-state index in [-0.39, 0.29) is 0 Å². The molecular weight excluding hydrogens is 825 g/mol. The van der Waals surface area contributed by atoms with E-state index in [4.69, 9.17) is 9.97 Å². The predicted molar refractivity (Wildman–Crippen MR) is 287 cm³/mol. The summed E-state index contributed by atoms with van der Waals surface area (Å²) in [6.45, 7) is 0. The Morgan fingerprint density at radius 2 is 0.691 bits per heavy atom. The van der Waals surface area contributed by atoms with Gasteiger partial charge in [-0.2, -0.15) is 0 Å². The summed E-state index contributed by atoms with van der Waals surface area (Å²) in [6, 6.07) is 80.5. The zero-order valence-electron chi connectivity index (χ0n) is 36.7. The van der Waals surface area contributed by atoms with Crippen molar-refractivity contribution in [2.45, 2.75) is 0 Å². The third kappa shape index (κ3) is 5.43. The van der Waals surface area contributed by atoms with Gasteiger partial charge in [0.05, 0.1) is 33.1 Å². The molecule has 4 aromatic heterocycles. The van der Waals surface area contributed by atoms with Crippen LogP contribution in [0.25, 0.3) is 142 Å². The second kappa shape index (κ2) is 14.2. The van der Waals surface area contributed by atoms with Crippen LogP contribution < -0.4 is 0 Å². The van der Waals surface area contributed by atoms with Crippen molar-refractivity contribution in [3.8, 4) is 33.6 Å². The van der Waals surface area contributed by atoms with Crippen LogP contribution in [0, 0.1) is 0 Å². The van der Waals surface area contributed by atoms with Crippen molar-refractivity contribution >= 4 is 109 Å². The molecule has 15 rings (SSSR count). The summed E-state index contributed by atoms with van der Waals surface area (Å²) in [6.07, 6.45) is 3.78. The number of hydrogen-bond acceptors (Lipinski definition) is 2. The van der Waals surface area contributed by atoms with Crippen LogP contribution in [0.4, 0.5) is 0 Å². The highest BCUT2D eigenvalue weighted by Crippen LogP contribution is 2.46. The Morgan fingerprint density at radius 3 is 1.18 bits per heavy atom. The minimum absolute atomic E-state index is 0.985. The summed E-state index contributed by atoms with van der Waals surface area (Å²) >= 11 is 0. The van der Waals surface area contributed by atoms with Gasteiger partial charge in [0.15, 0.2) is 0 Å². The van der Waals surface area contributed by atoms with Gasteiger partial charge in [-0.25, -0.2) is 0 Å². The fourth-order valence-electron chi connectivity index (χ4n) is 11.4. The van der Waals surface area contributed by atoms with Crippen molar-refractivity contribution in [1.82, 2.24) is 19.1 Å². The van der Waals surface area contributed by atoms with Crippen molar-refractivity contribution in [1.29, 1.82) is 0 Å². The maximum atomic E-state index is 4.82. The monoisotopic (exact) mass is 862 g/mol. The Bertz CT molecular complexity index is 4310. The van der Waals surface area contributed by atoms with Crippen LogP contribution in [-0.4, -0.2) is 19.1 Å². The molecule has 0 saturated carbocycles. The quantitative estimate of drug-likeness (QED) is 0.131. The molecule has 0 saturated heterocycles. The molecular formula is C64H38N4. The largest absolute Gasteiger partial charge is 0.309 e. The summed E-state index contributed by atoms with van der Waals surface area (Å²) in [5, 5.41) is 16.9. The molecule has 0 spiro atoms. The fraction of sp³-hybridized carbons (Fsp3) is 0. The predicted octanol–water partition coefficient (Wildman–Crippen LogP) is 16.9. The van der Waals surface area contributed by atoms with E-state index in [1.165, 1.54) is 97.8 Å². The number of hydrogen-bond donors (Lipinski definition) is 0. The first-order chi connectivity index (χ1) is 33.7. The lowest BCUT2D eigenvalue weighted by Gasteiger charge is -2.17. The molecule has 4 heterocycles. The Morgan fingerprint density at radius 1 is 0.250 bits per heavy atom. The van der Waals surface area contributed by atoms with E-state index < -0.39 is 0 Å². The first-order valence-electron chi connectivity index (χ1n) is 23.3. The van der Waals surface area contributed by atoms with Gasteiger partial charge in [-0.05, 0) is 175 Å². The van der Waals surface area contributed by atoms with Crippen molar-refractivity contribution in [2.24, 2.45) is 0 Å². The number of rotatable bonds is 4. The van der Waals surface area contributed by atoms with Gasteiger partial charge in [-0.15, -0.1) is 0 Å². The molecule has 0 amide bonds. The van der Waals surface area contributed by atoms with Crippen LogP contribution in [0.5, 0.6) is 0 Å². The molecule has 0 unspecified atom stereocenters. The van der Waals surface area contributed by atoms with E-state index in [0.717, 1.165) is 44.3 Å². The van der Waals surface area contributed by atoms with Gasteiger partial charge in [-0.3, -0.25) is 9.97 Å². The highest BCUT2D eigenvalue weighted by Gasteiger charge is 2.21. The Labute approximate surface area is 390 Å². The lowest BCUT2D eigenvalue weighted by Crippen LogP contribution is -1.94. The maximum Gasteiger partial charge on any atom is 0.0708 e. The SMILES string of the molecule is c1ccc(-n2c3ccccc3c3cc4c(-c5ccc6cccnc6c5)cc5cc6cc(-c7ccc8cccnc8c7)c7cc8c9ccccc9n(-c9ccccc9)c8cc7c6cc5c4cc32)cc1. The summed E-state index contributed by atoms with van der Waals surface area (Å²) in [7, 11) is 0. The van der Waals surface area contributed by atoms with Gasteiger partial charge in [0, 0.05) is 56.1 Å². The highest BCUT2D eigenvalue weighted by molar-refractivity contribution is 6.27. The van der Waals surface area contributed by atoms with Gasteiger partial charge >= 0.3 is 0 Å². The molecule has 0 N–H and O–H groups in total. The van der Waals surface area contributed by atoms with E-state index in [1.54, 1.807) is 0 Å². The molecule has 0 atom stereocenters. The zero-order chi connectivity index (χ0) is 44.5. The molecule has 314 valence electrons. The molecule has 0 aliphatic heterocycles. The summed E-state index contributed by atoms with van der Waals surface area (Å²) in [4.78, 5) is 9.63. The molecule has 11 aromatic carbocycles. The van der Waals surface area contributed by atoms with Crippen molar-refractivity contribution in [3.05, 3.63) is 231 Å². The molecule has 4 nitrogen and oxygen atoms in total. The smallest absolute Gasteiger partial charge is 0.0708 e. The fourth-order valence-corrected chi connectivity index (χ4v) is 11.4. The van der Waals surface area contributed by atoms with Gasteiger partial charge in [-0.1, -0.05) is 109 Å². The Kier molecular flexibility index (Phi) is 7.75. The van der Waals surface area contributed by atoms with E-state index in [0.29, 0.717) is 0 Å². The third-order valence-electron chi connectivity index (χ3n) is 14.5. The van der Waals surface area contributed by atoms with Crippen LogP contribution in [0.1, 0.15) is 0 Å². The number of pyridine rings is 2. The summed E-state index contributed by atoms with van der Waals surface area (Å²) in [5.41, 5.74) is 13.7. The van der Waals surface area contributed by atoms with E-state index in [9.17, 15) is 0 Å². The van der Waals surface area contributed by atoms with Gasteiger partial charge in [0.2, 0.25) is 0 Å². The lowest BCUT2D eigenvalue weighted by molar-refractivity contribution is 1.18. The zero-order valence-corrected chi connectivity index (χ0v) is 36.7. The molecule has 4 heteroatoms. The summed E-state index contributed by atoms with van der Waals surface area (Å²) < 4.78 is 4.87. The Hall–Kier alpha value is -9.12. The number of nitrogens with zero attached hydrogens (tertiary/aromatic N) is 4. The molecule has 68 heavy (non-hydrogen) atoms. The van der Waals surface area contributed by atoms with E-state index >= 15 is 0 Å². The summed E-state index contributed by atoms with van der Waals surface area (Å²) in [5.74, 6) is 0. The van der Waals surface area contributed by atoms with Gasteiger partial charge < -0.3 is 9.13 Å². The van der Waals surface area contributed by atoms with Crippen LogP contribution in [0.2, 0.25) is 0 Å². The van der Waals surface area contributed by atoms with Crippen molar-refractivity contribution in [2.75, 3.05) is 0 Å². The molecule has 0 aliphatic carbocycles. The number of benzene rings is 11. The van der Waals surface area contributed by atoms with Crippen LogP contribution in [0.3, 0.4) is 0 Å². The second-order valence-electron chi connectivity index (χ2n) is 18.2. The first-order valence-corrected chi connectivity index (χ1v) is 23.3. The van der Waals surface area contributed by atoms with Crippen LogP contribution in [0.15, 0.2) is 231 Å². The van der Waals surface area contributed by atoms with Crippen molar-refractivity contribution < 1.29 is 0 Å². The van der Waals surface area contributed by atoms with Gasteiger partial charge in [0.25, 0.3) is 0 Å². The average molecular weight is 863 g/mol. The molecule has 0 fully saturated rings. The number of aromatic nitrogens is 4. The highest BCUT2D eigenvalue weighted by atomic mass is 15.0. The molecule has 0 aliphatic rings. The van der Waals surface area contributed by atoms with Crippen molar-refractivity contribution in [3.63, 3.8) is 0 Å². The minimum atomic E-state index is 0.985. The van der Waals surface area contributed by atoms with Gasteiger partial charge in [0.1, 0.15) is 0 Å². The minimum Gasteiger partial charge on any atom is -0.309 e. The first kappa shape index (κ1) is 37.1. The molecule has 15 aromatic rings. The number of para-hydroxylation sites is 4. The third-order valence-corrected chi connectivity index (χ3v) is 14.5. The normalized spacial score (nSPS) is 12.1. The van der Waals surface area contributed by atoms with E-state index in [1.807, 2.05) is 24.5 Å². The maximum absolute atomic E-state index is 4.82. The standard InChI is InChI=1S/C64H38N4/c1-3-15-45(16-4-1)67-61-21-9-7-19-47(61)57-35-53-49(41-25-23-39-13-11-27-65-59(39)32-41)30-43-29-44-31-50(42-26-24-40-14-12-28-66-60(40)33-42)54-36-58-48-20-8-10-22-62(48)68(46-17-5-2-6-18-46)64(58)38-56(54)52(44)34-51(43)55(53)37-63(57)67/h1-38H. The molecule has 0 bridgehead atoms.